The van der Waals surface area contributed by atoms with Crippen molar-refractivity contribution in [2.45, 2.75) is 12.2 Å². The maximum absolute atomic E-state index is 12.0. The molecule has 122 valence electrons. The van der Waals surface area contributed by atoms with Crippen molar-refractivity contribution in [3.63, 3.8) is 0 Å². The number of nitrogens with one attached hydrogen (secondary N) is 1. The average molecular weight is 331 g/mol. The Hall–Kier alpha value is -2.14. The number of benzene rings is 2. The second-order valence-corrected chi connectivity index (χ2v) is 6.01. The van der Waals surface area contributed by atoms with Crippen molar-refractivity contribution in [1.82, 2.24) is 0 Å². The van der Waals surface area contributed by atoms with Crippen molar-refractivity contribution in [3.8, 4) is 11.5 Å². The summed E-state index contributed by atoms with van der Waals surface area (Å²) in [6, 6.07) is 15.6. The Morgan fingerprint density at radius 1 is 1.09 bits per heavy atom. The van der Waals surface area contributed by atoms with E-state index in [0.29, 0.717) is 23.6 Å². The van der Waals surface area contributed by atoms with Gasteiger partial charge in [-0.2, -0.15) is 11.8 Å². The lowest BCUT2D eigenvalue weighted by molar-refractivity contribution is -0.115. The fourth-order valence-corrected chi connectivity index (χ4v) is 2.95. The van der Waals surface area contributed by atoms with Crippen molar-refractivity contribution >= 4 is 23.4 Å². The number of carbonyl (C=O) groups excluding carboxylic acids is 1. The van der Waals surface area contributed by atoms with Gasteiger partial charge in [0.25, 0.3) is 0 Å². The standard InChI is InChI=1S/C18H21NO3S/c1-21-15-8-9-16(17(12-15)22-2)19-18(20)10-11-23-13-14-6-4-3-5-7-14/h3-9,12H,10-11,13H2,1-2H3,(H,19,20). The minimum Gasteiger partial charge on any atom is -0.497 e. The summed E-state index contributed by atoms with van der Waals surface area (Å²) in [6.07, 6.45) is 0.465. The number of amides is 1. The third-order valence-corrected chi connectivity index (χ3v) is 4.30. The van der Waals surface area contributed by atoms with Gasteiger partial charge in [0.15, 0.2) is 0 Å². The SMILES string of the molecule is COc1ccc(NC(=O)CCSCc2ccccc2)c(OC)c1. The van der Waals surface area contributed by atoms with Crippen LogP contribution in [0.1, 0.15) is 12.0 Å². The second kappa shape index (κ2) is 9.10. The first-order valence-electron chi connectivity index (χ1n) is 7.36. The topological polar surface area (TPSA) is 47.6 Å². The van der Waals surface area contributed by atoms with E-state index in [9.17, 15) is 4.79 Å². The molecule has 0 aliphatic heterocycles. The summed E-state index contributed by atoms with van der Waals surface area (Å²) in [5.74, 6) is 2.96. The van der Waals surface area contributed by atoms with Crippen LogP contribution in [0, 0.1) is 0 Å². The Morgan fingerprint density at radius 2 is 1.87 bits per heavy atom. The van der Waals surface area contributed by atoms with Gasteiger partial charge in [-0.1, -0.05) is 30.3 Å². The number of rotatable bonds is 8. The summed E-state index contributed by atoms with van der Waals surface area (Å²) in [6.45, 7) is 0. The molecule has 2 aromatic carbocycles. The van der Waals surface area contributed by atoms with Gasteiger partial charge in [0.05, 0.1) is 19.9 Å². The molecular formula is C18H21NO3S. The minimum absolute atomic E-state index is 0.0194. The Labute approximate surface area is 141 Å². The van der Waals surface area contributed by atoms with Gasteiger partial charge in [-0.25, -0.2) is 0 Å². The molecule has 2 rings (SSSR count). The zero-order chi connectivity index (χ0) is 16.5. The maximum Gasteiger partial charge on any atom is 0.225 e. The predicted octanol–water partition coefficient (Wildman–Crippen LogP) is 3.97. The van der Waals surface area contributed by atoms with Crippen molar-refractivity contribution in [1.29, 1.82) is 0 Å². The number of carbonyl (C=O) groups is 1. The summed E-state index contributed by atoms with van der Waals surface area (Å²) in [4.78, 5) is 12.0. The van der Waals surface area contributed by atoms with E-state index in [0.717, 1.165) is 11.5 Å². The molecule has 0 saturated heterocycles. The van der Waals surface area contributed by atoms with E-state index >= 15 is 0 Å². The van der Waals surface area contributed by atoms with E-state index in [-0.39, 0.29) is 5.91 Å². The molecule has 0 fully saturated rings. The molecule has 0 radical (unpaired) electrons. The summed E-state index contributed by atoms with van der Waals surface area (Å²) in [5.41, 5.74) is 1.93. The molecule has 2 aromatic rings. The van der Waals surface area contributed by atoms with Crippen LogP contribution in [-0.2, 0) is 10.5 Å². The van der Waals surface area contributed by atoms with Crippen LogP contribution in [0.2, 0.25) is 0 Å². The maximum atomic E-state index is 12.0. The lowest BCUT2D eigenvalue weighted by Crippen LogP contribution is -2.13. The lowest BCUT2D eigenvalue weighted by Gasteiger charge is -2.11. The third-order valence-electron chi connectivity index (χ3n) is 3.27. The van der Waals surface area contributed by atoms with E-state index in [1.165, 1.54) is 5.56 Å². The fraction of sp³-hybridized carbons (Fsp3) is 0.278. The van der Waals surface area contributed by atoms with Crippen LogP contribution in [-0.4, -0.2) is 25.9 Å². The van der Waals surface area contributed by atoms with Crippen LogP contribution in [0.3, 0.4) is 0 Å². The molecule has 5 heteroatoms. The molecule has 0 heterocycles. The molecule has 0 aliphatic rings. The zero-order valence-corrected chi connectivity index (χ0v) is 14.2. The highest BCUT2D eigenvalue weighted by molar-refractivity contribution is 7.98. The first kappa shape index (κ1) is 17.2. The molecule has 1 amide bonds. The van der Waals surface area contributed by atoms with Crippen LogP contribution in [0.4, 0.5) is 5.69 Å². The highest BCUT2D eigenvalue weighted by Gasteiger charge is 2.08. The highest BCUT2D eigenvalue weighted by Crippen LogP contribution is 2.29. The van der Waals surface area contributed by atoms with Gasteiger partial charge in [-0.05, 0) is 17.7 Å². The van der Waals surface area contributed by atoms with Crippen LogP contribution in [0.25, 0.3) is 0 Å². The Morgan fingerprint density at radius 3 is 2.57 bits per heavy atom. The van der Waals surface area contributed by atoms with Gasteiger partial charge in [0.1, 0.15) is 11.5 Å². The largest absolute Gasteiger partial charge is 0.497 e. The monoisotopic (exact) mass is 331 g/mol. The molecule has 0 aromatic heterocycles. The van der Waals surface area contributed by atoms with E-state index < -0.39 is 0 Å². The number of hydrogen-bond acceptors (Lipinski definition) is 4. The molecule has 4 nitrogen and oxygen atoms in total. The van der Waals surface area contributed by atoms with Crippen LogP contribution < -0.4 is 14.8 Å². The summed E-state index contributed by atoms with van der Waals surface area (Å²) in [5, 5.41) is 2.88. The van der Waals surface area contributed by atoms with Crippen LogP contribution in [0.5, 0.6) is 11.5 Å². The molecular weight excluding hydrogens is 310 g/mol. The van der Waals surface area contributed by atoms with Crippen LogP contribution >= 0.6 is 11.8 Å². The van der Waals surface area contributed by atoms with Crippen molar-refractivity contribution in [3.05, 3.63) is 54.1 Å². The number of anilines is 1. The molecule has 23 heavy (non-hydrogen) atoms. The summed E-state index contributed by atoms with van der Waals surface area (Å²) < 4.78 is 10.4. The zero-order valence-electron chi connectivity index (χ0n) is 13.4. The van der Waals surface area contributed by atoms with Gasteiger partial charge in [0.2, 0.25) is 5.91 Å². The van der Waals surface area contributed by atoms with E-state index in [1.54, 1.807) is 44.2 Å². The van der Waals surface area contributed by atoms with E-state index in [1.807, 2.05) is 18.2 Å². The van der Waals surface area contributed by atoms with E-state index in [4.69, 9.17) is 9.47 Å². The fourth-order valence-electron chi connectivity index (χ4n) is 2.04. The molecule has 0 spiro atoms. The van der Waals surface area contributed by atoms with Gasteiger partial charge in [0, 0.05) is 24.0 Å². The number of hydrogen-bond donors (Lipinski definition) is 1. The minimum atomic E-state index is -0.0194. The Bertz CT molecular complexity index is 631. The normalized spacial score (nSPS) is 10.2. The number of methoxy groups -OCH3 is 2. The first-order chi connectivity index (χ1) is 11.2. The molecule has 0 unspecified atom stereocenters. The molecule has 0 bridgehead atoms. The van der Waals surface area contributed by atoms with Crippen LogP contribution in [0.15, 0.2) is 48.5 Å². The Balaban J connectivity index is 1.78. The van der Waals surface area contributed by atoms with Crippen molar-refractivity contribution < 1.29 is 14.3 Å². The smallest absolute Gasteiger partial charge is 0.225 e. The predicted molar refractivity (Wildman–Crippen MR) is 95.4 cm³/mol. The summed E-state index contributed by atoms with van der Waals surface area (Å²) >= 11 is 1.75. The highest BCUT2D eigenvalue weighted by atomic mass is 32.2. The molecule has 0 aliphatic carbocycles. The van der Waals surface area contributed by atoms with Crippen molar-refractivity contribution in [2.75, 3.05) is 25.3 Å². The van der Waals surface area contributed by atoms with E-state index in [2.05, 4.69) is 17.4 Å². The Kier molecular flexibility index (Phi) is 6.81. The quantitative estimate of drug-likeness (QED) is 0.744. The van der Waals surface area contributed by atoms with Gasteiger partial charge < -0.3 is 14.8 Å². The first-order valence-corrected chi connectivity index (χ1v) is 8.52. The molecule has 1 N–H and O–H groups in total. The summed E-state index contributed by atoms with van der Waals surface area (Å²) in [7, 11) is 3.16. The lowest BCUT2D eigenvalue weighted by atomic mass is 10.2. The van der Waals surface area contributed by atoms with Gasteiger partial charge >= 0.3 is 0 Å². The van der Waals surface area contributed by atoms with Gasteiger partial charge in [-0.3, -0.25) is 4.79 Å². The second-order valence-electron chi connectivity index (χ2n) is 4.90. The number of ether oxygens (including phenoxy) is 2. The molecule has 0 atom stereocenters. The number of thioether (sulfide) groups is 1. The molecule has 0 saturated carbocycles. The third kappa shape index (κ3) is 5.53. The van der Waals surface area contributed by atoms with Gasteiger partial charge in [-0.15, -0.1) is 0 Å². The van der Waals surface area contributed by atoms with Crippen molar-refractivity contribution in [2.24, 2.45) is 0 Å². The average Bonchev–Trinajstić information content (AvgIpc) is 2.60.